The molecule has 0 heterocycles. The second kappa shape index (κ2) is 10.2. The van der Waals surface area contributed by atoms with Crippen LogP contribution in [0.2, 0.25) is 0 Å². The van der Waals surface area contributed by atoms with E-state index in [1.165, 1.54) is 6.07 Å². The SMILES string of the molecule is COc1ccc(CCNC(=O)c2cccc(NS(=O)(=O)c3ccc(C)cc3)c2)cc1OC. The van der Waals surface area contributed by atoms with Crippen molar-refractivity contribution in [2.75, 3.05) is 25.5 Å². The van der Waals surface area contributed by atoms with Crippen LogP contribution < -0.4 is 19.5 Å². The fourth-order valence-corrected chi connectivity index (χ4v) is 4.16. The second-order valence-electron chi connectivity index (χ2n) is 7.19. The molecule has 0 saturated heterocycles. The number of amides is 1. The van der Waals surface area contributed by atoms with Gasteiger partial charge in [-0.25, -0.2) is 8.42 Å². The lowest BCUT2D eigenvalue weighted by atomic mass is 10.1. The molecule has 168 valence electrons. The number of hydrogen-bond acceptors (Lipinski definition) is 5. The maximum atomic E-state index is 12.6. The van der Waals surface area contributed by atoms with Gasteiger partial charge in [-0.05, 0) is 61.4 Å². The Morgan fingerprint density at radius 3 is 2.31 bits per heavy atom. The maximum Gasteiger partial charge on any atom is 0.261 e. The van der Waals surface area contributed by atoms with Crippen molar-refractivity contribution in [1.82, 2.24) is 5.32 Å². The van der Waals surface area contributed by atoms with Crippen LogP contribution in [0, 0.1) is 6.92 Å². The van der Waals surface area contributed by atoms with Crippen molar-refractivity contribution in [3.8, 4) is 11.5 Å². The lowest BCUT2D eigenvalue weighted by Crippen LogP contribution is -2.25. The fourth-order valence-electron chi connectivity index (χ4n) is 3.11. The molecule has 1 amide bonds. The van der Waals surface area contributed by atoms with Gasteiger partial charge in [-0.15, -0.1) is 0 Å². The van der Waals surface area contributed by atoms with Crippen LogP contribution in [0.1, 0.15) is 21.5 Å². The van der Waals surface area contributed by atoms with Gasteiger partial charge in [0.1, 0.15) is 0 Å². The topological polar surface area (TPSA) is 93.7 Å². The molecule has 0 aliphatic carbocycles. The average molecular weight is 455 g/mol. The molecule has 0 radical (unpaired) electrons. The first-order valence-electron chi connectivity index (χ1n) is 10.0. The molecule has 0 fully saturated rings. The van der Waals surface area contributed by atoms with E-state index in [-0.39, 0.29) is 10.8 Å². The molecule has 0 aromatic heterocycles. The molecule has 0 atom stereocenters. The molecule has 3 aromatic rings. The number of hydrogen-bond donors (Lipinski definition) is 2. The van der Waals surface area contributed by atoms with E-state index in [2.05, 4.69) is 10.0 Å². The maximum absolute atomic E-state index is 12.6. The van der Waals surface area contributed by atoms with E-state index in [0.29, 0.717) is 35.7 Å². The van der Waals surface area contributed by atoms with Crippen LogP contribution in [0.4, 0.5) is 5.69 Å². The third kappa shape index (κ3) is 5.79. The zero-order valence-electron chi connectivity index (χ0n) is 18.2. The summed E-state index contributed by atoms with van der Waals surface area (Å²) in [6, 6.07) is 18.5. The molecule has 0 aliphatic rings. The summed E-state index contributed by atoms with van der Waals surface area (Å²) in [5.74, 6) is 0.983. The number of anilines is 1. The Balaban J connectivity index is 1.62. The number of nitrogens with one attached hydrogen (secondary N) is 2. The van der Waals surface area contributed by atoms with E-state index in [1.54, 1.807) is 56.7 Å². The van der Waals surface area contributed by atoms with Gasteiger partial charge in [0.05, 0.1) is 19.1 Å². The normalized spacial score (nSPS) is 11.0. The highest BCUT2D eigenvalue weighted by Crippen LogP contribution is 2.27. The quantitative estimate of drug-likeness (QED) is 0.513. The Morgan fingerprint density at radius 2 is 1.62 bits per heavy atom. The number of sulfonamides is 1. The summed E-state index contributed by atoms with van der Waals surface area (Å²) in [6.45, 7) is 2.30. The van der Waals surface area contributed by atoms with Gasteiger partial charge in [0.25, 0.3) is 15.9 Å². The summed E-state index contributed by atoms with van der Waals surface area (Å²) in [7, 11) is -0.593. The predicted octanol–water partition coefficient (Wildman–Crippen LogP) is 3.79. The number of methoxy groups -OCH3 is 2. The first-order chi connectivity index (χ1) is 15.3. The van der Waals surface area contributed by atoms with Gasteiger partial charge in [-0.1, -0.05) is 29.8 Å². The zero-order chi connectivity index (χ0) is 23.1. The summed E-state index contributed by atoms with van der Waals surface area (Å²) in [4.78, 5) is 12.7. The smallest absolute Gasteiger partial charge is 0.261 e. The summed E-state index contributed by atoms with van der Waals surface area (Å²) in [5.41, 5.74) is 2.64. The van der Waals surface area contributed by atoms with Gasteiger partial charge in [-0.3, -0.25) is 9.52 Å². The summed E-state index contributed by atoms with van der Waals surface area (Å²) in [6.07, 6.45) is 0.603. The number of carbonyl (C=O) groups is 1. The van der Waals surface area contributed by atoms with Gasteiger partial charge in [0.2, 0.25) is 0 Å². The Labute approximate surface area is 188 Å². The second-order valence-corrected chi connectivity index (χ2v) is 8.88. The van der Waals surface area contributed by atoms with Gasteiger partial charge < -0.3 is 14.8 Å². The third-order valence-electron chi connectivity index (χ3n) is 4.86. The van der Waals surface area contributed by atoms with Crippen molar-refractivity contribution in [2.24, 2.45) is 0 Å². The number of aryl methyl sites for hydroxylation is 1. The largest absolute Gasteiger partial charge is 0.493 e. The third-order valence-corrected chi connectivity index (χ3v) is 6.25. The lowest BCUT2D eigenvalue weighted by Gasteiger charge is -2.11. The molecular weight excluding hydrogens is 428 g/mol. The van der Waals surface area contributed by atoms with Crippen molar-refractivity contribution in [2.45, 2.75) is 18.2 Å². The minimum Gasteiger partial charge on any atom is -0.493 e. The van der Waals surface area contributed by atoms with Crippen LogP contribution >= 0.6 is 0 Å². The molecular formula is C24H26N2O5S. The monoisotopic (exact) mass is 454 g/mol. The average Bonchev–Trinajstić information content (AvgIpc) is 2.79. The van der Waals surface area contributed by atoms with Crippen LogP contribution in [0.3, 0.4) is 0 Å². The molecule has 0 aliphatic heterocycles. The highest BCUT2D eigenvalue weighted by Gasteiger charge is 2.15. The predicted molar refractivity (Wildman–Crippen MR) is 124 cm³/mol. The van der Waals surface area contributed by atoms with Crippen LogP contribution in [-0.4, -0.2) is 35.1 Å². The molecule has 2 N–H and O–H groups in total. The fraction of sp³-hybridized carbons (Fsp3) is 0.208. The van der Waals surface area contributed by atoms with E-state index >= 15 is 0 Å². The molecule has 0 unspecified atom stereocenters. The Kier molecular flexibility index (Phi) is 7.37. The highest BCUT2D eigenvalue weighted by molar-refractivity contribution is 7.92. The number of rotatable bonds is 9. The van der Waals surface area contributed by atoms with E-state index in [1.807, 2.05) is 25.1 Å². The first-order valence-corrected chi connectivity index (χ1v) is 11.5. The van der Waals surface area contributed by atoms with Crippen molar-refractivity contribution in [3.63, 3.8) is 0 Å². The van der Waals surface area contributed by atoms with E-state index < -0.39 is 10.0 Å². The molecule has 0 saturated carbocycles. The van der Waals surface area contributed by atoms with E-state index in [9.17, 15) is 13.2 Å². The molecule has 8 heteroatoms. The van der Waals surface area contributed by atoms with Crippen molar-refractivity contribution in [3.05, 3.63) is 83.4 Å². The molecule has 3 aromatic carbocycles. The van der Waals surface area contributed by atoms with Crippen LogP contribution in [-0.2, 0) is 16.4 Å². The summed E-state index contributed by atoms with van der Waals surface area (Å²) in [5, 5.41) is 2.85. The van der Waals surface area contributed by atoms with Crippen LogP contribution in [0.15, 0.2) is 71.6 Å². The standard InChI is InChI=1S/C24H26N2O5S/c1-17-7-10-21(11-8-17)32(28,29)26-20-6-4-5-19(16-20)24(27)25-14-13-18-9-12-22(30-2)23(15-18)31-3/h4-12,15-16,26H,13-14H2,1-3H3,(H,25,27). The minimum atomic E-state index is -3.74. The Bertz CT molecular complexity index is 1190. The van der Waals surface area contributed by atoms with Gasteiger partial charge in [0, 0.05) is 17.8 Å². The van der Waals surface area contributed by atoms with Crippen molar-refractivity contribution in [1.29, 1.82) is 0 Å². The number of carbonyl (C=O) groups excluding carboxylic acids is 1. The van der Waals surface area contributed by atoms with Crippen LogP contribution in [0.5, 0.6) is 11.5 Å². The lowest BCUT2D eigenvalue weighted by molar-refractivity contribution is 0.0954. The van der Waals surface area contributed by atoms with Crippen molar-refractivity contribution < 1.29 is 22.7 Å². The van der Waals surface area contributed by atoms with Gasteiger partial charge in [-0.2, -0.15) is 0 Å². The van der Waals surface area contributed by atoms with E-state index in [0.717, 1.165) is 11.1 Å². The van der Waals surface area contributed by atoms with Crippen LogP contribution in [0.25, 0.3) is 0 Å². The number of benzene rings is 3. The summed E-state index contributed by atoms with van der Waals surface area (Å²) >= 11 is 0. The molecule has 0 bridgehead atoms. The first kappa shape index (κ1) is 23.1. The van der Waals surface area contributed by atoms with E-state index in [4.69, 9.17) is 9.47 Å². The Hall–Kier alpha value is -3.52. The molecule has 0 spiro atoms. The Morgan fingerprint density at radius 1 is 0.906 bits per heavy atom. The van der Waals surface area contributed by atoms with Gasteiger partial charge >= 0.3 is 0 Å². The molecule has 7 nitrogen and oxygen atoms in total. The summed E-state index contributed by atoms with van der Waals surface area (Å²) < 4.78 is 38.2. The van der Waals surface area contributed by atoms with Crippen molar-refractivity contribution >= 4 is 21.6 Å². The highest BCUT2D eigenvalue weighted by atomic mass is 32.2. The van der Waals surface area contributed by atoms with Gasteiger partial charge in [0.15, 0.2) is 11.5 Å². The number of ether oxygens (including phenoxy) is 2. The molecule has 32 heavy (non-hydrogen) atoms. The molecule has 3 rings (SSSR count). The zero-order valence-corrected chi connectivity index (χ0v) is 19.0. The minimum absolute atomic E-state index is 0.160.